The fraction of sp³-hybridized carbons (Fsp3) is 0.120. The Bertz CT molecular complexity index is 1390. The first kappa shape index (κ1) is 19.7. The highest BCUT2D eigenvalue weighted by molar-refractivity contribution is 6.12. The number of carbonyl (C=O) groups is 1. The SMILES string of the molecule is COc1cccc(-n2cc(C(=O)Nc3ccc4c(c3)OCCO4)c3ccccc3c2=O)c1. The molecule has 0 fully saturated rings. The minimum Gasteiger partial charge on any atom is -0.497 e. The van der Waals surface area contributed by atoms with E-state index >= 15 is 0 Å². The van der Waals surface area contributed by atoms with Gasteiger partial charge in [-0.25, -0.2) is 0 Å². The number of rotatable bonds is 4. The summed E-state index contributed by atoms with van der Waals surface area (Å²) in [5.41, 5.74) is 1.33. The standard InChI is InChI=1S/C25H20N2O5/c1-30-18-6-4-5-17(14-18)27-15-21(19-7-2-3-8-20(19)25(27)29)24(28)26-16-9-10-22-23(13-16)32-12-11-31-22/h2-10,13-15H,11-12H2,1H3,(H,26,28). The maximum Gasteiger partial charge on any atom is 0.262 e. The Labute approximate surface area is 183 Å². The maximum atomic E-state index is 13.3. The normalized spacial score (nSPS) is 12.4. The van der Waals surface area contributed by atoms with Gasteiger partial charge in [0.2, 0.25) is 0 Å². The Morgan fingerprint density at radius 2 is 1.72 bits per heavy atom. The molecule has 0 radical (unpaired) electrons. The van der Waals surface area contributed by atoms with Crippen LogP contribution in [0.2, 0.25) is 0 Å². The number of fused-ring (bicyclic) bond motifs is 2. The molecule has 1 N–H and O–H groups in total. The van der Waals surface area contributed by atoms with E-state index in [1.807, 2.05) is 0 Å². The maximum absolute atomic E-state index is 13.3. The largest absolute Gasteiger partial charge is 0.497 e. The van der Waals surface area contributed by atoms with E-state index in [4.69, 9.17) is 14.2 Å². The van der Waals surface area contributed by atoms with E-state index in [0.717, 1.165) is 0 Å². The Morgan fingerprint density at radius 3 is 2.53 bits per heavy atom. The Kier molecular flexibility index (Phi) is 4.99. The number of amides is 1. The number of carbonyl (C=O) groups excluding carboxylic acids is 1. The summed E-state index contributed by atoms with van der Waals surface area (Å²) < 4.78 is 17.9. The minimum absolute atomic E-state index is 0.218. The molecule has 3 aromatic carbocycles. The van der Waals surface area contributed by atoms with Crippen molar-refractivity contribution in [2.24, 2.45) is 0 Å². The van der Waals surface area contributed by atoms with Crippen LogP contribution in [0.15, 0.2) is 77.7 Å². The molecule has 1 aromatic heterocycles. The zero-order valence-corrected chi connectivity index (χ0v) is 17.3. The summed E-state index contributed by atoms with van der Waals surface area (Å²) >= 11 is 0. The monoisotopic (exact) mass is 428 g/mol. The van der Waals surface area contributed by atoms with Crippen molar-refractivity contribution in [2.45, 2.75) is 0 Å². The zero-order chi connectivity index (χ0) is 22.1. The topological polar surface area (TPSA) is 78.8 Å². The third kappa shape index (κ3) is 3.54. The summed E-state index contributed by atoms with van der Waals surface area (Å²) in [6.07, 6.45) is 1.56. The van der Waals surface area contributed by atoms with Crippen molar-refractivity contribution in [1.82, 2.24) is 4.57 Å². The first-order valence-corrected chi connectivity index (χ1v) is 10.1. The molecule has 0 unspecified atom stereocenters. The van der Waals surface area contributed by atoms with Gasteiger partial charge < -0.3 is 19.5 Å². The molecule has 0 atom stereocenters. The number of hydrogen-bond acceptors (Lipinski definition) is 5. The minimum atomic E-state index is -0.338. The molecule has 0 bridgehead atoms. The second-order valence-electron chi connectivity index (χ2n) is 7.28. The summed E-state index contributed by atoms with van der Waals surface area (Å²) in [6.45, 7) is 0.955. The van der Waals surface area contributed by atoms with E-state index in [0.29, 0.717) is 58.2 Å². The first-order chi connectivity index (χ1) is 15.6. The van der Waals surface area contributed by atoms with Crippen LogP contribution in [0.25, 0.3) is 16.5 Å². The molecule has 0 spiro atoms. The number of ether oxygens (including phenoxy) is 3. The van der Waals surface area contributed by atoms with Crippen LogP contribution in [0.4, 0.5) is 5.69 Å². The molecule has 4 aromatic rings. The van der Waals surface area contributed by atoms with Gasteiger partial charge in [-0.05, 0) is 30.3 Å². The summed E-state index contributed by atoms with van der Waals surface area (Å²) in [5.74, 6) is 1.51. The van der Waals surface area contributed by atoms with Gasteiger partial charge in [0.1, 0.15) is 19.0 Å². The number of pyridine rings is 1. The van der Waals surface area contributed by atoms with Crippen molar-refractivity contribution < 1.29 is 19.0 Å². The predicted octanol–water partition coefficient (Wildman–Crippen LogP) is 4.02. The van der Waals surface area contributed by atoms with Gasteiger partial charge in [0.25, 0.3) is 11.5 Å². The molecule has 1 amide bonds. The number of nitrogens with zero attached hydrogens (tertiary/aromatic N) is 1. The average molecular weight is 428 g/mol. The van der Waals surface area contributed by atoms with Crippen LogP contribution in [-0.2, 0) is 0 Å². The number of methoxy groups -OCH3 is 1. The van der Waals surface area contributed by atoms with Crippen molar-refractivity contribution in [3.63, 3.8) is 0 Å². The molecule has 2 heterocycles. The van der Waals surface area contributed by atoms with Crippen molar-refractivity contribution >= 4 is 22.4 Å². The molecule has 32 heavy (non-hydrogen) atoms. The molecule has 1 aliphatic heterocycles. The lowest BCUT2D eigenvalue weighted by Crippen LogP contribution is -2.23. The molecule has 0 aliphatic carbocycles. The zero-order valence-electron chi connectivity index (χ0n) is 17.3. The Hall–Kier alpha value is -4.26. The highest BCUT2D eigenvalue weighted by Gasteiger charge is 2.18. The van der Waals surface area contributed by atoms with Gasteiger partial charge in [-0.3, -0.25) is 14.2 Å². The second-order valence-corrected chi connectivity index (χ2v) is 7.28. The number of hydrogen-bond donors (Lipinski definition) is 1. The summed E-state index contributed by atoms with van der Waals surface area (Å²) in [5, 5.41) is 3.93. The van der Waals surface area contributed by atoms with Gasteiger partial charge >= 0.3 is 0 Å². The Morgan fingerprint density at radius 1 is 0.938 bits per heavy atom. The molecule has 0 saturated heterocycles. The van der Waals surface area contributed by atoms with E-state index in [9.17, 15) is 9.59 Å². The lowest BCUT2D eigenvalue weighted by atomic mass is 10.1. The molecule has 160 valence electrons. The van der Waals surface area contributed by atoms with E-state index in [1.165, 1.54) is 4.57 Å². The lowest BCUT2D eigenvalue weighted by molar-refractivity contribution is 0.102. The second kappa shape index (κ2) is 8.11. The first-order valence-electron chi connectivity index (χ1n) is 10.1. The van der Waals surface area contributed by atoms with E-state index in [1.54, 1.807) is 80.0 Å². The predicted molar refractivity (Wildman–Crippen MR) is 121 cm³/mol. The van der Waals surface area contributed by atoms with Crippen LogP contribution in [0, 0.1) is 0 Å². The molecular weight excluding hydrogens is 408 g/mol. The summed E-state index contributed by atoms with van der Waals surface area (Å²) in [6, 6.07) is 19.5. The number of benzene rings is 3. The fourth-order valence-electron chi connectivity index (χ4n) is 3.74. The fourth-order valence-corrected chi connectivity index (χ4v) is 3.74. The summed E-state index contributed by atoms with van der Waals surface area (Å²) in [7, 11) is 1.56. The van der Waals surface area contributed by atoms with Gasteiger partial charge in [-0.1, -0.05) is 24.3 Å². The Balaban J connectivity index is 1.59. The van der Waals surface area contributed by atoms with Crippen LogP contribution >= 0.6 is 0 Å². The van der Waals surface area contributed by atoms with E-state index < -0.39 is 0 Å². The van der Waals surface area contributed by atoms with Crippen molar-refractivity contribution in [2.75, 3.05) is 25.6 Å². The quantitative estimate of drug-likeness (QED) is 0.531. The lowest BCUT2D eigenvalue weighted by Gasteiger charge is -2.19. The van der Waals surface area contributed by atoms with Crippen molar-refractivity contribution in [1.29, 1.82) is 0 Å². The molecule has 7 nitrogen and oxygen atoms in total. The van der Waals surface area contributed by atoms with Gasteiger partial charge in [-0.15, -0.1) is 0 Å². The van der Waals surface area contributed by atoms with Gasteiger partial charge in [0.05, 0.1) is 18.4 Å². The van der Waals surface area contributed by atoms with Crippen molar-refractivity contribution in [3.8, 4) is 22.9 Å². The highest BCUT2D eigenvalue weighted by Crippen LogP contribution is 2.33. The van der Waals surface area contributed by atoms with Crippen molar-refractivity contribution in [3.05, 3.63) is 88.8 Å². The number of anilines is 1. The summed E-state index contributed by atoms with van der Waals surface area (Å²) in [4.78, 5) is 26.5. The van der Waals surface area contributed by atoms with E-state index in [-0.39, 0.29) is 11.5 Å². The molecular formula is C25H20N2O5. The third-order valence-corrected chi connectivity index (χ3v) is 5.30. The molecule has 7 heteroatoms. The highest BCUT2D eigenvalue weighted by atomic mass is 16.6. The van der Waals surface area contributed by atoms with Crippen LogP contribution < -0.4 is 25.1 Å². The molecule has 5 rings (SSSR count). The van der Waals surface area contributed by atoms with Gasteiger partial charge in [-0.2, -0.15) is 0 Å². The number of nitrogens with one attached hydrogen (secondary N) is 1. The molecule has 1 aliphatic rings. The number of aromatic nitrogens is 1. The van der Waals surface area contributed by atoms with Crippen LogP contribution in [0.3, 0.4) is 0 Å². The smallest absolute Gasteiger partial charge is 0.262 e. The van der Waals surface area contributed by atoms with Crippen LogP contribution in [0.1, 0.15) is 10.4 Å². The molecule has 0 saturated carbocycles. The van der Waals surface area contributed by atoms with Crippen LogP contribution in [-0.4, -0.2) is 30.8 Å². The van der Waals surface area contributed by atoms with Crippen LogP contribution in [0.5, 0.6) is 17.2 Å². The van der Waals surface area contributed by atoms with Gasteiger partial charge in [0, 0.05) is 34.8 Å². The van der Waals surface area contributed by atoms with E-state index in [2.05, 4.69) is 5.32 Å². The average Bonchev–Trinajstić information content (AvgIpc) is 2.84. The third-order valence-electron chi connectivity index (χ3n) is 5.30. The van der Waals surface area contributed by atoms with Gasteiger partial charge in [0.15, 0.2) is 11.5 Å².